The summed E-state index contributed by atoms with van der Waals surface area (Å²) in [5.74, 6) is 0.0764. The molecule has 0 aliphatic carbocycles. The Morgan fingerprint density at radius 3 is 1.50 bits per heavy atom. The summed E-state index contributed by atoms with van der Waals surface area (Å²) in [6.45, 7) is 8.22. The first-order valence-corrected chi connectivity index (χ1v) is 15.4. The van der Waals surface area contributed by atoms with E-state index < -0.39 is 18.4 Å². The van der Waals surface area contributed by atoms with Gasteiger partial charge in [0, 0.05) is 0 Å². The van der Waals surface area contributed by atoms with Gasteiger partial charge >= 0.3 is 208 Å². The van der Waals surface area contributed by atoms with Gasteiger partial charge in [0.25, 0.3) is 0 Å². The first-order chi connectivity index (χ1) is 16.1. The summed E-state index contributed by atoms with van der Waals surface area (Å²) in [6, 6.07) is 31.6. The first kappa shape index (κ1) is 25.0. The van der Waals surface area contributed by atoms with Gasteiger partial charge in [0.2, 0.25) is 0 Å². The van der Waals surface area contributed by atoms with Crippen LogP contribution in [0.2, 0.25) is 0 Å². The summed E-state index contributed by atoms with van der Waals surface area (Å²) < 4.78 is 12.3. The zero-order valence-corrected chi connectivity index (χ0v) is 22.4. The molecule has 1 amide bonds. The number of carbonyl (C=O) groups excluding carboxylic acids is 1. The van der Waals surface area contributed by atoms with E-state index >= 15 is 0 Å². The topological polar surface area (TPSA) is 52.2 Å². The maximum atomic E-state index is 13.8. The van der Waals surface area contributed by atoms with Crippen LogP contribution >= 0.6 is 7.26 Å². The Kier molecular flexibility index (Phi) is 7.24. The minimum atomic E-state index is -2.63. The Labute approximate surface area is 207 Å². The quantitative estimate of drug-likeness (QED) is 0.411. The summed E-state index contributed by atoms with van der Waals surface area (Å²) in [5, 5.41) is 7.07. The van der Waals surface area contributed by atoms with Gasteiger partial charge in [-0.3, -0.25) is 0 Å². The number of hydrogen-bond acceptors (Lipinski definition) is 2. The molecule has 0 aromatic heterocycles. The van der Waals surface area contributed by atoms with Crippen molar-refractivity contribution in [2.75, 3.05) is 6.16 Å². The van der Waals surface area contributed by atoms with E-state index in [0.29, 0.717) is 6.16 Å². The van der Waals surface area contributed by atoms with Crippen LogP contribution in [0.5, 0.6) is 0 Å². The van der Waals surface area contributed by atoms with Crippen LogP contribution in [0.1, 0.15) is 40.5 Å². The van der Waals surface area contributed by atoms with Crippen molar-refractivity contribution in [2.24, 2.45) is 0 Å². The molecule has 0 radical (unpaired) electrons. The zero-order chi connectivity index (χ0) is 24.4. The molecule has 3 nitrogen and oxygen atoms in total. The predicted octanol–water partition coefficient (Wildman–Crippen LogP) is 4.30. The van der Waals surface area contributed by atoms with E-state index in [9.17, 15) is 9.35 Å². The SMILES string of the molecule is CC1(C)CC(NC(=O)C[PH](c2ccccc2)(c2ccccc2)c2ccccc2)CC(C)(C)[S+]1[O-]. The van der Waals surface area contributed by atoms with Crippen LogP contribution in [0.3, 0.4) is 0 Å². The average Bonchev–Trinajstić information content (AvgIpc) is 2.82. The van der Waals surface area contributed by atoms with E-state index in [1.54, 1.807) is 0 Å². The normalized spacial score (nSPS) is 22.0. The third-order valence-electron chi connectivity index (χ3n) is 7.07. The van der Waals surface area contributed by atoms with E-state index in [-0.39, 0.29) is 21.4 Å². The summed E-state index contributed by atoms with van der Waals surface area (Å²) in [4.78, 5) is 13.8. The number of hydrogen-bond donors (Lipinski definition) is 1. The third-order valence-corrected chi connectivity index (χ3v) is 14.2. The molecule has 1 fully saturated rings. The van der Waals surface area contributed by atoms with Crippen molar-refractivity contribution in [3.63, 3.8) is 0 Å². The molecule has 3 aromatic carbocycles. The van der Waals surface area contributed by atoms with Crippen molar-refractivity contribution >= 4 is 40.3 Å². The molecule has 3 aromatic rings. The molecule has 5 heteroatoms. The molecule has 1 aliphatic rings. The minimum absolute atomic E-state index is 0.0178. The van der Waals surface area contributed by atoms with Gasteiger partial charge in [-0.05, 0) is 0 Å². The van der Waals surface area contributed by atoms with Crippen LogP contribution in [-0.2, 0) is 16.0 Å². The van der Waals surface area contributed by atoms with Crippen molar-refractivity contribution < 1.29 is 9.35 Å². The van der Waals surface area contributed by atoms with Crippen LogP contribution in [-0.4, -0.2) is 32.2 Å². The molecule has 1 aliphatic heterocycles. The first-order valence-electron chi connectivity index (χ1n) is 12.0. The van der Waals surface area contributed by atoms with Gasteiger partial charge in [-0.25, -0.2) is 0 Å². The second kappa shape index (κ2) is 9.85. The van der Waals surface area contributed by atoms with Crippen LogP contribution in [0, 0.1) is 0 Å². The van der Waals surface area contributed by atoms with Gasteiger partial charge in [-0.15, -0.1) is 0 Å². The van der Waals surface area contributed by atoms with Crippen LogP contribution in [0.15, 0.2) is 91.0 Å². The number of rotatable bonds is 6. The Bertz CT molecular complexity index is 988. The van der Waals surface area contributed by atoms with E-state index in [2.05, 4.69) is 106 Å². The summed E-state index contributed by atoms with van der Waals surface area (Å²) in [5.41, 5.74) is 0. The Morgan fingerprint density at radius 2 is 1.15 bits per heavy atom. The molecule has 4 rings (SSSR count). The van der Waals surface area contributed by atoms with Crippen molar-refractivity contribution in [3.05, 3.63) is 91.0 Å². The summed E-state index contributed by atoms with van der Waals surface area (Å²) in [6.07, 6.45) is 1.89. The second-order valence-corrected chi connectivity index (χ2v) is 17.3. The third kappa shape index (κ3) is 4.96. The van der Waals surface area contributed by atoms with Crippen molar-refractivity contribution in [2.45, 2.75) is 56.1 Å². The van der Waals surface area contributed by atoms with Gasteiger partial charge in [0.1, 0.15) is 0 Å². The fraction of sp³-hybridized carbons (Fsp3) is 0.345. The molecular weight excluding hydrogens is 457 g/mol. The Hall–Kier alpha value is -2.13. The number of carbonyl (C=O) groups is 1. The average molecular weight is 494 g/mol. The van der Waals surface area contributed by atoms with Crippen LogP contribution < -0.4 is 21.2 Å². The summed E-state index contributed by atoms with van der Waals surface area (Å²) in [7, 11) is -2.63. The van der Waals surface area contributed by atoms with Gasteiger partial charge in [-0.1, -0.05) is 0 Å². The standard InChI is InChI=1S/C29H36NO2PS/c1-28(2)20-23(21-29(3,4)34(28)32)30-27(31)22-33(24-14-8-5-9-15-24,25-16-10-6-11-17-25)26-18-12-7-13-19-26/h5-19,23,33H,20-22H2,1-4H3,(H,30,31). The molecule has 1 saturated heterocycles. The van der Waals surface area contributed by atoms with Gasteiger partial charge in [0.15, 0.2) is 0 Å². The number of benzene rings is 3. The molecule has 1 N–H and O–H groups in total. The van der Waals surface area contributed by atoms with Crippen molar-refractivity contribution in [1.82, 2.24) is 5.32 Å². The Morgan fingerprint density at radius 1 is 0.794 bits per heavy atom. The molecular formula is C29H36NO2PS. The van der Waals surface area contributed by atoms with Crippen molar-refractivity contribution in [1.29, 1.82) is 0 Å². The fourth-order valence-electron chi connectivity index (χ4n) is 5.75. The van der Waals surface area contributed by atoms with Gasteiger partial charge in [-0.2, -0.15) is 0 Å². The van der Waals surface area contributed by atoms with E-state index in [0.717, 1.165) is 12.8 Å². The van der Waals surface area contributed by atoms with Crippen LogP contribution in [0.25, 0.3) is 0 Å². The van der Waals surface area contributed by atoms with Crippen LogP contribution in [0.4, 0.5) is 0 Å². The number of nitrogens with one attached hydrogen (secondary N) is 1. The monoisotopic (exact) mass is 493 g/mol. The molecule has 0 bridgehead atoms. The molecule has 1 heterocycles. The molecule has 34 heavy (non-hydrogen) atoms. The number of amides is 1. The maximum absolute atomic E-state index is 13.8. The fourth-order valence-corrected chi connectivity index (χ4v) is 12.4. The molecule has 0 spiro atoms. The van der Waals surface area contributed by atoms with Gasteiger partial charge < -0.3 is 0 Å². The van der Waals surface area contributed by atoms with E-state index in [1.165, 1.54) is 15.9 Å². The predicted molar refractivity (Wildman–Crippen MR) is 149 cm³/mol. The van der Waals surface area contributed by atoms with Gasteiger partial charge in [0.05, 0.1) is 0 Å². The van der Waals surface area contributed by atoms with E-state index in [1.807, 2.05) is 18.2 Å². The zero-order valence-electron chi connectivity index (χ0n) is 20.6. The van der Waals surface area contributed by atoms with Crippen molar-refractivity contribution in [3.8, 4) is 0 Å². The summed E-state index contributed by atoms with van der Waals surface area (Å²) >= 11 is -0.947. The second-order valence-electron chi connectivity index (χ2n) is 10.6. The molecule has 180 valence electrons. The Balaban J connectivity index is 1.73. The van der Waals surface area contributed by atoms with E-state index in [4.69, 9.17) is 0 Å². The molecule has 0 saturated carbocycles. The molecule has 0 unspecified atom stereocenters. The molecule has 0 atom stereocenters.